The third kappa shape index (κ3) is 4.39. The molecule has 1 unspecified atom stereocenters. The third-order valence-corrected chi connectivity index (χ3v) is 4.45. The molecule has 2 aromatic carbocycles. The highest BCUT2D eigenvalue weighted by molar-refractivity contribution is 6.09. The van der Waals surface area contributed by atoms with Crippen molar-refractivity contribution in [1.82, 2.24) is 5.32 Å². The first-order valence-corrected chi connectivity index (χ1v) is 8.43. The van der Waals surface area contributed by atoms with Gasteiger partial charge in [0.15, 0.2) is 5.78 Å². The largest absolute Gasteiger partial charge is 0.480 e. The lowest BCUT2D eigenvalue weighted by Gasteiger charge is -2.20. The highest BCUT2D eigenvalue weighted by Crippen LogP contribution is 2.21. The van der Waals surface area contributed by atoms with Crippen LogP contribution in [0, 0.1) is 0 Å². The predicted octanol–water partition coefficient (Wildman–Crippen LogP) is 1.25. The van der Waals surface area contributed by atoms with E-state index in [9.17, 15) is 19.5 Å². The average molecular weight is 369 g/mol. The van der Waals surface area contributed by atoms with E-state index in [1.165, 1.54) is 24.3 Å². The Bertz CT molecular complexity index is 849. The molecular weight excluding hydrogens is 350 g/mol. The van der Waals surface area contributed by atoms with Gasteiger partial charge < -0.3 is 20.3 Å². The summed E-state index contributed by atoms with van der Waals surface area (Å²) in [6, 6.07) is 14.0. The second-order valence-electron chi connectivity index (χ2n) is 6.55. The SMILES string of the molecule is O=C(OC[C@@]1(O)CNC(C(=O)O)C1)c1ccc(C(=O)c2ccccc2)cc1. The average Bonchev–Trinajstić information content (AvgIpc) is 3.09. The van der Waals surface area contributed by atoms with Crippen molar-refractivity contribution in [1.29, 1.82) is 0 Å². The van der Waals surface area contributed by atoms with Crippen LogP contribution in [0.15, 0.2) is 54.6 Å². The molecule has 1 aliphatic rings. The number of ketones is 1. The standard InChI is InChI=1S/C20H19NO6/c22-17(13-4-2-1-3-5-13)14-6-8-15(9-7-14)19(25)27-12-20(26)10-16(18(23)24)21-11-20/h1-9,16,21,26H,10-12H2,(H,23,24)/t16?,20-/m0/s1. The molecule has 1 heterocycles. The molecule has 0 amide bonds. The zero-order chi connectivity index (χ0) is 19.4. The number of ether oxygens (including phenoxy) is 1. The van der Waals surface area contributed by atoms with E-state index in [1.54, 1.807) is 24.3 Å². The molecule has 2 aromatic rings. The van der Waals surface area contributed by atoms with Gasteiger partial charge in [0.1, 0.15) is 18.2 Å². The molecule has 0 spiro atoms. The maximum atomic E-state index is 12.4. The van der Waals surface area contributed by atoms with Crippen LogP contribution in [0.4, 0.5) is 0 Å². The lowest BCUT2D eigenvalue weighted by Crippen LogP contribution is -2.37. The van der Waals surface area contributed by atoms with Crippen molar-refractivity contribution in [2.45, 2.75) is 18.1 Å². The van der Waals surface area contributed by atoms with Crippen molar-refractivity contribution in [3.05, 3.63) is 71.3 Å². The Morgan fingerprint density at radius 1 is 1.00 bits per heavy atom. The van der Waals surface area contributed by atoms with Crippen molar-refractivity contribution in [2.24, 2.45) is 0 Å². The number of carboxylic acid groups (broad SMARTS) is 1. The first-order valence-electron chi connectivity index (χ1n) is 8.43. The van der Waals surface area contributed by atoms with Crippen molar-refractivity contribution >= 4 is 17.7 Å². The van der Waals surface area contributed by atoms with Gasteiger partial charge in [-0.15, -0.1) is 0 Å². The van der Waals surface area contributed by atoms with E-state index in [0.717, 1.165) is 0 Å². The van der Waals surface area contributed by atoms with Crippen LogP contribution in [-0.4, -0.2) is 52.7 Å². The predicted molar refractivity (Wildman–Crippen MR) is 95.6 cm³/mol. The summed E-state index contributed by atoms with van der Waals surface area (Å²) in [5, 5.41) is 21.9. The number of nitrogens with one attached hydrogen (secondary N) is 1. The Balaban J connectivity index is 1.60. The molecule has 0 bridgehead atoms. The van der Waals surface area contributed by atoms with Gasteiger partial charge in [-0.05, 0) is 12.1 Å². The van der Waals surface area contributed by atoms with E-state index in [2.05, 4.69) is 5.32 Å². The summed E-state index contributed by atoms with van der Waals surface area (Å²) in [5.74, 6) is -1.86. The number of carboxylic acids is 1. The van der Waals surface area contributed by atoms with Gasteiger partial charge in [0.05, 0.1) is 5.56 Å². The molecule has 1 fully saturated rings. The van der Waals surface area contributed by atoms with Crippen molar-refractivity contribution in [3.8, 4) is 0 Å². The van der Waals surface area contributed by atoms with Gasteiger partial charge in [0.25, 0.3) is 0 Å². The molecule has 2 atom stereocenters. The number of rotatable bonds is 6. The van der Waals surface area contributed by atoms with Gasteiger partial charge in [-0.1, -0.05) is 42.5 Å². The number of esters is 1. The van der Waals surface area contributed by atoms with Crippen molar-refractivity contribution in [2.75, 3.05) is 13.2 Å². The molecule has 0 saturated carbocycles. The minimum atomic E-state index is -1.41. The summed E-state index contributed by atoms with van der Waals surface area (Å²) in [5.41, 5.74) is -0.177. The van der Waals surface area contributed by atoms with Gasteiger partial charge in [0.2, 0.25) is 0 Å². The van der Waals surface area contributed by atoms with Crippen LogP contribution < -0.4 is 5.32 Å². The molecule has 1 aliphatic heterocycles. The number of carbonyl (C=O) groups is 3. The van der Waals surface area contributed by atoms with Gasteiger partial charge in [-0.3, -0.25) is 9.59 Å². The fourth-order valence-corrected chi connectivity index (χ4v) is 2.92. The van der Waals surface area contributed by atoms with E-state index < -0.39 is 23.6 Å². The summed E-state index contributed by atoms with van der Waals surface area (Å²) < 4.78 is 5.12. The third-order valence-electron chi connectivity index (χ3n) is 4.45. The van der Waals surface area contributed by atoms with E-state index in [1.807, 2.05) is 6.07 Å². The zero-order valence-electron chi connectivity index (χ0n) is 14.4. The molecule has 0 aliphatic carbocycles. The Kier molecular flexibility index (Phi) is 5.34. The topological polar surface area (TPSA) is 113 Å². The highest BCUT2D eigenvalue weighted by atomic mass is 16.5. The number of hydrogen-bond donors (Lipinski definition) is 3. The fraction of sp³-hybridized carbons (Fsp3) is 0.250. The molecule has 3 rings (SSSR count). The second-order valence-corrected chi connectivity index (χ2v) is 6.55. The van der Waals surface area contributed by atoms with Crippen LogP contribution in [0.2, 0.25) is 0 Å². The molecule has 7 nitrogen and oxygen atoms in total. The monoisotopic (exact) mass is 369 g/mol. The molecular formula is C20H19NO6. The van der Waals surface area contributed by atoms with Crippen LogP contribution in [0.3, 0.4) is 0 Å². The number of carbonyl (C=O) groups excluding carboxylic acids is 2. The molecule has 27 heavy (non-hydrogen) atoms. The minimum Gasteiger partial charge on any atom is -0.480 e. The number of aliphatic carboxylic acids is 1. The van der Waals surface area contributed by atoms with Crippen molar-refractivity contribution in [3.63, 3.8) is 0 Å². The summed E-state index contributed by atoms with van der Waals surface area (Å²) in [4.78, 5) is 35.4. The number of β-amino-alcohol motifs (C(OH)–C–C–N with tert-alkyl or cyclic N) is 1. The van der Waals surface area contributed by atoms with E-state index in [4.69, 9.17) is 9.84 Å². The van der Waals surface area contributed by atoms with Gasteiger partial charge in [0, 0.05) is 24.1 Å². The Morgan fingerprint density at radius 2 is 1.59 bits per heavy atom. The Labute approximate surface area is 155 Å². The molecule has 0 aromatic heterocycles. The lowest BCUT2D eigenvalue weighted by atomic mass is 10.0. The summed E-state index contributed by atoms with van der Waals surface area (Å²) in [7, 11) is 0. The number of hydrogen-bond acceptors (Lipinski definition) is 6. The Morgan fingerprint density at radius 3 is 2.19 bits per heavy atom. The van der Waals surface area contributed by atoms with Gasteiger partial charge in [-0.2, -0.15) is 0 Å². The number of benzene rings is 2. The number of aliphatic hydroxyl groups is 1. The summed E-state index contributed by atoms with van der Waals surface area (Å²) >= 11 is 0. The molecule has 0 radical (unpaired) electrons. The van der Waals surface area contributed by atoms with Crippen LogP contribution in [0.1, 0.15) is 32.7 Å². The Hall–Kier alpha value is -3.03. The van der Waals surface area contributed by atoms with Crippen molar-refractivity contribution < 1.29 is 29.3 Å². The lowest BCUT2D eigenvalue weighted by molar-refractivity contribution is -0.139. The molecule has 3 N–H and O–H groups in total. The van der Waals surface area contributed by atoms with Crippen LogP contribution >= 0.6 is 0 Å². The van der Waals surface area contributed by atoms with Crippen LogP contribution in [0.25, 0.3) is 0 Å². The van der Waals surface area contributed by atoms with Gasteiger partial charge >= 0.3 is 11.9 Å². The van der Waals surface area contributed by atoms with E-state index >= 15 is 0 Å². The fourth-order valence-electron chi connectivity index (χ4n) is 2.92. The minimum absolute atomic E-state index is 0.0295. The van der Waals surface area contributed by atoms with E-state index in [0.29, 0.717) is 11.1 Å². The normalized spacial score (nSPS) is 21.6. The smallest absolute Gasteiger partial charge is 0.338 e. The zero-order valence-corrected chi connectivity index (χ0v) is 14.4. The van der Waals surface area contributed by atoms with Crippen LogP contribution in [0.5, 0.6) is 0 Å². The molecule has 1 saturated heterocycles. The van der Waals surface area contributed by atoms with Gasteiger partial charge in [-0.25, -0.2) is 4.79 Å². The first-order chi connectivity index (χ1) is 12.9. The second kappa shape index (κ2) is 7.69. The molecule has 140 valence electrons. The maximum Gasteiger partial charge on any atom is 0.338 e. The first kappa shape index (κ1) is 18.8. The highest BCUT2D eigenvalue weighted by Gasteiger charge is 2.41. The molecule has 7 heteroatoms. The summed E-state index contributed by atoms with van der Waals surface area (Å²) in [6.07, 6.45) is -0.0415. The van der Waals surface area contributed by atoms with Crippen LogP contribution in [-0.2, 0) is 9.53 Å². The van der Waals surface area contributed by atoms with E-state index in [-0.39, 0.29) is 30.9 Å². The maximum absolute atomic E-state index is 12.4. The summed E-state index contributed by atoms with van der Waals surface area (Å²) in [6.45, 7) is -0.283. The quantitative estimate of drug-likeness (QED) is 0.519.